The molecule has 0 saturated carbocycles. The SMILES string of the molecule is COc1ccc(OC)c(NC(=O)c2nc(-c3ccccc3-c3ccccc3)oc2-c2ccc(N(C)C)cc2)c1. The van der Waals surface area contributed by atoms with Crippen LogP contribution >= 0.6 is 0 Å². The molecule has 196 valence electrons. The molecule has 0 unspecified atom stereocenters. The zero-order valence-electron chi connectivity index (χ0n) is 22.3. The summed E-state index contributed by atoms with van der Waals surface area (Å²) >= 11 is 0. The number of aromatic nitrogens is 1. The molecule has 1 heterocycles. The van der Waals surface area contributed by atoms with Crippen LogP contribution in [0.3, 0.4) is 0 Å². The summed E-state index contributed by atoms with van der Waals surface area (Å²) in [6.07, 6.45) is 0. The number of nitrogens with one attached hydrogen (secondary N) is 1. The van der Waals surface area contributed by atoms with Crippen molar-refractivity contribution in [1.82, 2.24) is 4.98 Å². The van der Waals surface area contributed by atoms with E-state index in [1.807, 2.05) is 97.9 Å². The Labute approximate surface area is 227 Å². The smallest absolute Gasteiger partial charge is 0.278 e. The van der Waals surface area contributed by atoms with E-state index in [0.717, 1.165) is 27.9 Å². The van der Waals surface area contributed by atoms with Crippen molar-refractivity contribution < 1.29 is 18.7 Å². The van der Waals surface area contributed by atoms with Gasteiger partial charge in [0.1, 0.15) is 11.5 Å². The third-order valence-electron chi connectivity index (χ3n) is 6.39. The Morgan fingerprint density at radius 3 is 2.15 bits per heavy atom. The van der Waals surface area contributed by atoms with Crippen molar-refractivity contribution in [1.29, 1.82) is 0 Å². The van der Waals surface area contributed by atoms with Gasteiger partial charge in [0.15, 0.2) is 11.5 Å². The van der Waals surface area contributed by atoms with E-state index in [2.05, 4.69) is 5.32 Å². The number of oxazole rings is 1. The number of rotatable bonds is 8. The second-order valence-corrected chi connectivity index (χ2v) is 9.07. The Kier molecular flexibility index (Phi) is 7.32. The summed E-state index contributed by atoms with van der Waals surface area (Å²) in [5.74, 6) is 1.38. The van der Waals surface area contributed by atoms with E-state index in [1.54, 1.807) is 32.4 Å². The number of carbonyl (C=O) groups excluding carboxylic acids is 1. The average molecular weight is 520 g/mol. The minimum atomic E-state index is -0.430. The van der Waals surface area contributed by atoms with Crippen molar-refractivity contribution in [3.63, 3.8) is 0 Å². The van der Waals surface area contributed by atoms with Crippen LogP contribution in [-0.2, 0) is 0 Å². The van der Waals surface area contributed by atoms with Gasteiger partial charge >= 0.3 is 0 Å². The van der Waals surface area contributed by atoms with Gasteiger partial charge in [-0.15, -0.1) is 0 Å². The van der Waals surface area contributed by atoms with Crippen molar-refractivity contribution in [2.24, 2.45) is 0 Å². The van der Waals surface area contributed by atoms with Gasteiger partial charge in [-0.3, -0.25) is 4.79 Å². The van der Waals surface area contributed by atoms with Crippen LogP contribution in [0.15, 0.2) is 101 Å². The minimum absolute atomic E-state index is 0.162. The highest BCUT2D eigenvalue weighted by molar-refractivity contribution is 6.07. The number of hydrogen-bond acceptors (Lipinski definition) is 6. The number of nitrogens with zero attached hydrogens (tertiary/aromatic N) is 2. The van der Waals surface area contributed by atoms with Gasteiger partial charge in [-0.25, -0.2) is 4.98 Å². The predicted molar refractivity (Wildman–Crippen MR) is 155 cm³/mol. The first-order valence-electron chi connectivity index (χ1n) is 12.4. The Hall–Kier alpha value is -5.04. The molecule has 7 heteroatoms. The van der Waals surface area contributed by atoms with Crippen molar-refractivity contribution in [3.05, 3.63) is 103 Å². The summed E-state index contributed by atoms with van der Waals surface area (Å²) in [6.45, 7) is 0. The summed E-state index contributed by atoms with van der Waals surface area (Å²) in [6, 6.07) is 30.9. The minimum Gasteiger partial charge on any atom is -0.497 e. The van der Waals surface area contributed by atoms with Gasteiger partial charge in [0.2, 0.25) is 5.89 Å². The monoisotopic (exact) mass is 519 g/mol. The van der Waals surface area contributed by atoms with Gasteiger partial charge in [0.05, 0.1) is 19.9 Å². The van der Waals surface area contributed by atoms with Crippen molar-refractivity contribution in [2.45, 2.75) is 0 Å². The second kappa shape index (κ2) is 11.1. The first-order valence-corrected chi connectivity index (χ1v) is 12.4. The van der Waals surface area contributed by atoms with Gasteiger partial charge in [0, 0.05) is 37.0 Å². The number of amides is 1. The number of carbonyl (C=O) groups is 1. The standard InChI is InChI=1S/C32H29N3O4/c1-35(2)23-16-14-22(15-17-23)30-29(31(36)33-27-20-24(37-3)18-19-28(27)38-4)34-32(39-30)26-13-9-8-12-25(26)21-10-6-5-7-11-21/h5-20H,1-4H3,(H,33,36). The van der Waals surface area contributed by atoms with Crippen LogP contribution in [0.5, 0.6) is 11.5 Å². The molecule has 0 aliphatic carbocycles. The Morgan fingerprint density at radius 2 is 1.49 bits per heavy atom. The molecule has 0 atom stereocenters. The van der Waals surface area contributed by atoms with Crippen molar-refractivity contribution >= 4 is 17.3 Å². The maximum Gasteiger partial charge on any atom is 0.278 e. The molecule has 0 aliphatic rings. The molecule has 4 aromatic carbocycles. The van der Waals surface area contributed by atoms with Crippen LogP contribution in [0.4, 0.5) is 11.4 Å². The van der Waals surface area contributed by atoms with Crippen LogP contribution in [0, 0.1) is 0 Å². The Morgan fingerprint density at radius 1 is 0.795 bits per heavy atom. The lowest BCUT2D eigenvalue weighted by atomic mass is 10.00. The first kappa shape index (κ1) is 25.6. The van der Waals surface area contributed by atoms with E-state index >= 15 is 0 Å². The largest absolute Gasteiger partial charge is 0.497 e. The number of ether oxygens (including phenoxy) is 2. The number of hydrogen-bond donors (Lipinski definition) is 1. The highest BCUT2D eigenvalue weighted by Crippen LogP contribution is 2.37. The maximum absolute atomic E-state index is 13.7. The predicted octanol–water partition coefficient (Wildman–Crippen LogP) is 7.01. The summed E-state index contributed by atoms with van der Waals surface area (Å²) in [5.41, 5.74) is 5.15. The van der Waals surface area contributed by atoms with Crippen molar-refractivity contribution in [2.75, 3.05) is 38.5 Å². The van der Waals surface area contributed by atoms with Crippen LogP contribution in [-0.4, -0.2) is 39.2 Å². The maximum atomic E-state index is 13.7. The lowest BCUT2D eigenvalue weighted by molar-refractivity contribution is 0.102. The zero-order chi connectivity index (χ0) is 27.4. The van der Waals surface area contributed by atoms with Crippen LogP contribution in [0.2, 0.25) is 0 Å². The highest BCUT2D eigenvalue weighted by Gasteiger charge is 2.25. The molecule has 7 nitrogen and oxygen atoms in total. The van der Waals surface area contributed by atoms with E-state index in [1.165, 1.54) is 0 Å². The topological polar surface area (TPSA) is 76.8 Å². The first-order chi connectivity index (χ1) is 19.0. The van der Waals surface area contributed by atoms with Crippen molar-refractivity contribution in [3.8, 4) is 45.4 Å². The summed E-state index contributed by atoms with van der Waals surface area (Å²) < 4.78 is 17.2. The Bertz CT molecular complexity index is 1590. The van der Waals surface area contributed by atoms with Gasteiger partial charge in [-0.2, -0.15) is 0 Å². The van der Waals surface area contributed by atoms with E-state index in [9.17, 15) is 4.79 Å². The number of benzene rings is 4. The fraction of sp³-hybridized carbons (Fsp3) is 0.125. The molecule has 39 heavy (non-hydrogen) atoms. The van der Waals surface area contributed by atoms with Crippen LogP contribution in [0.25, 0.3) is 33.9 Å². The normalized spacial score (nSPS) is 10.7. The van der Waals surface area contributed by atoms with E-state index in [4.69, 9.17) is 18.9 Å². The van der Waals surface area contributed by atoms with Gasteiger partial charge < -0.3 is 24.1 Å². The molecule has 0 bridgehead atoms. The molecule has 5 rings (SSSR count). The van der Waals surface area contributed by atoms with Crippen LogP contribution < -0.4 is 19.7 Å². The molecule has 1 N–H and O–H groups in total. The van der Waals surface area contributed by atoms with E-state index < -0.39 is 5.91 Å². The third kappa shape index (κ3) is 5.33. The average Bonchev–Trinajstić information content (AvgIpc) is 3.43. The number of anilines is 2. The van der Waals surface area contributed by atoms with Gasteiger partial charge in [0.25, 0.3) is 5.91 Å². The van der Waals surface area contributed by atoms with E-state index in [-0.39, 0.29) is 5.69 Å². The molecule has 1 aromatic heterocycles. The molecular weight excluding hydrogens is 490 g/mol. The molecule has 0 fully saturated rings. The molecule has 0 saturated heterocycles. The second-order valence-electron chi connectivity index (χ2n) is 9.07. The van der Waals surface area contributed by atoms with E-state index in [0.29, 0.717) is 28.8 Å². The fourth-order valence-corrected chi connectivity index (χ4v) is 4.33. The lowest BCUT2D eigenvalue weighted by Crippen LogP contribution is -2.14. The van der Waals surface area contributed by atoms with Gasteiger partial charge in [-0.1, -0.05) is 48.5 Å². The Balaban J connectivity index is 1.62. The quantitative estimate of drug-likeness (QED) is 0.238. The third-order valence-corrected chi connectivity index (χ3v) is 6.39. The zero-order valence-corrected chi connectivity index (χ0v) is 22.3. The lowest BCUT2D eigenvalue weighted by Gasteiger charge is -2.13. The molecule has 0 aliphatic heterocycles. The summed E-state index contributed by atoms with van der Waals surface area (Å²) in [5, 5.41) is 2.93. The molecule has 5 aromatic rings. The molecular formula is C32H29N3O4. The van der Waals surface area contributed by atoms with Crippen LogP contribution in [0.1, 0.15) is 10.5 Å². The molecule has 0 radical (unpaired) electrons. The highest BCUT2D eigenvalue weighted by atomic mass is 16.5. The number of methoxy groups -OCH3 is 2. The summed E-state index contributed by atoms with van der Waals surface area (Å²) in [4.78, 5) is 20.5. The molecule has 1 amide bonds. The molecule has 0 spiro atoms. The summed E-state index contributed by atoms with van der Waals surface area (Å²) in [7, 11) is 7.06. The van der Waals surface area contributed by atoms with Gasteiger partial charge in [-0.05, 0) is 53.6 Å². The fourth-order valence-electron chi connectivity index (χ4n) is 4.33.